The van der Waals surface area contributed by atoms with Crippen molar-refractivity contribution in [2.75, 3.05) is 18.5 Å². The molecular formula is C12H15NO2S. The summed E-state index contributed by atoms with van der Waals surface area (Å²) in [6.07, 6.45) is 1.53. The van der Waals surface area contributed by atoms with E-state index in [1.165, 1.54) is 11.3 Å². The maximum Gasteiger partial charge on any atom is 0.316 e. The number of carboxylic acids is 1. The van der Waals surface area contributed by atoms with Crippen LogP contribution in [0, 0.1) is 0 Å². The molecule has 1 atom stereocenters. The molecule has 0 aromatic heterocycles. The van der Waals surface area contributed by atoms with Gasteiger partial charge in [0.25, 0.3) is 0 Å². The van der Waals surface area contributed by atoms with Gasteiger partial charge in [0.05, 0.1) is 0 Å². The predicted molar refractivity (Wildman–Crippen MR) is 67.5 cm³/mol. The van der Waals surface area contributed by atoms with Crippen LogP contribution in [0.5, 0.6) is 0 Å². The summed E-state index contributed by atoms with van der Waals surface area (Å²) >= 11 is 4.05. The fraction of sp³-hybridized carbons (Fsp3) is 0.417. The van der Waals surface area contributed by atoms with E-state index in [2.05, 4.69) is 36.7 Å². The average molecular weight is 237 g/mol. The molecule has 1 aromatic carbocycles. The van der Waals surface area contributed by atoms with Crippen LogP contribution in [0.25, 0.3) is 0 Å². The number of thiol groups is 1. The van der Waals surface area contributed by atoms with Crippen LogP contribution in [0.4, 0.5) is 5.69 Å². The van der Waals surface area contributed by atoms with Crippen molar-refractivity contribution >= 4 is 24.3 Å². The van der Waals surface area contributed by atoms with Crippen molar-refractivity contribution in [1.29, 1.82) is 0 Å². The van der Waals surface area contributed by atoms with Crippen molar-refractivity contribution in [1.82, 2.24) is 0 Å². The number of carboxylic acid groups (broad SMARTS) is 1. The lowest BCUT2D eigenvalue weighted by atomic mass is 10.0. The van der Waals surface area contributed by atoms with Gasteiger partial charge in [0, 0.05) is 19.3 Å². The van der Waals surface area contributed by atoms with Crippen molar-refractivity contribution in [3.05, 3.63) is 29.3 Å². The van der Waals surface area contributed by atoms with Crippen LogP contribution >= 0.6 is 12.6 Å². The normalized spacial score (nSPS) is 16.0. The Labute approximate surface area is 100 Å². The first-order valence-electron chi connectivity index (χ1n) is 5.32. The molecule has 1 aromatic rings. The Kier molecular flexibility index (Phi) is 3.10. The highest BCUT2D eigenvalue weighted by atomic mass is 32.1. The molecule has 4 heteroatoms. The Hall–Kier alpha value is -1.16. The van der Waals surface area contributed by atoms with Crippen LogP contribution in [-0.4, -0.2) is 29.9 Å². The maximum absolute atomic E-state index is 10.7. The molecule has 0 spiro atoms. The smallest absolute Gasteiger partial charge is 0.316 e. The molecular weight excluding hydrogens is 222 g/mol. The quantitative estimate of drug-likeness (QED) is 0.785. The van der Waals surface area contributed by atoms with Gasteiger partial charge in [-0.1, -0.05) is 12.1 Å². The summed E-state index contributed by atoms with van der Waals surface area (Å²) < 4.78 is 0. The second-order valence-corrected chi connectivity index (χ2v) is 4.82. The van der Waals surface area contributed by atoms with E-state index in [1.807, 2.05) is 6.07 Å². The lowest BCUT2D eigenvalue weighted by Crippen LogP contribution is -2.16. The molecule has 1 unspecified atom stereocenters. The first-order chi connectivity index (χ1) is 7.58. The molecule has 1 heterocycles. The van der Waals surface area contributed by atoms with Crippen molar-refractivity contribution < 1.29 is 9.90 Å². The Bertz CT molecular complexity index is 419. The standard InChI is InChI=1S/C12H15NO2S/c1-13-5-4-9-6-8(2-3-10(9)13)7-11(16)12(14)15/h2-3,6,11,16H,4-5,7H2,1H3,(H,14,15). The van der Waals surface area contributed by atoms with E-state index in [0.717, 1.165) is 18.5 Å². The summed E-state index contributed by atoms with van der Waals surface area (Å²) in [5, 5.41) is 8.18. The molecule has 0 saturated carbocycles. The van der Waals surface area contributed by atoms with E-state index < -0.39 is 11.2 Å². The number of aliphatic carboxylic acids is 1. The van der Waals surface area contributed by atoms with Gasteiger partial charge in [-0.15, -0.1) is 0 Å². The number of carbonyl (C=O) groups is 1. The van der Waals surface area contributed by atoms with Gasteiger partial charge in [-0.25, -0.2) is 0 Å². The molecule has 1 aliphatic heterocycles. The summed E-state index contributed by atoms with van der Waals surface area (Å²) in [7, 11) is 2.07. The summed E-state index contributed by atoms with van der Waals surface area (Å²) in [4.78, 5) is 12.9. The second kappa shape index (κ2) is 4.37. The monoisotopic (exact) mass is 237 g/mol. The Balaban J connectivity index is 2.16. The van der Waals surface area contributed by atoms with Gasteiger partial charge in [-0.2, -0.15) is 12.6 Å². The third kappa shape index (κ3) is 2.16. The van der Waals surface area contributed by atoms with Crippen LogP contribution < -0.4 is 4.90 Å². The highest BCUT2D eigenvalue weighted by molar-refractivity contribution is 7.81. The number of hydrogen-bond donors (Lipinski definition) is 2. The molecule has 0 fully saturated rings. The van der Waals surface area contributed by atoms with Gasteiger partial charge in [0.15, 0.2) is 0 Å². The van der Waals surface area contributed by atoms with Crippen molar-refractivity contribution in [2.24, 2.45) is 0 Å². The minimum Gasteiger partial charge on any atom is -0.480 e. The predicted octanol–water partition coefficient (Wildman–Crippen LogP) is 1.60. The van der Waals surface area contributed by atoms with Crippen molar-refractivity contribution in [3.8, 4) is 0 Å². The van der Waals surface area contributed by atoms with E-state index in [9.17, 15) is 4.79 Å². The zero-order valence-corrected chi connectivity index (χ0v) is 10.1. The zero-order chi connectivity index (χ0) is 11.7. The molecule has 16 heavy (non-hydrogen) atoms. The van der Waals surface area contributed by atoms with Gasteiger partial charge in [-0.3, -0.25) is 4.79 Å². The zero-order valence-electron chi connectivity index (χ0n) is 9.18. The number of nitrogens with zero attached hydrogens (tertiary/aromatic N) is 1. The average Bonchev–Trinajstić information content (AvgIpc) is 2.60. The number of fused-ring (bicyclic) bond motifs is 1. The van der Waals surface area contributed by atoms with Crippen molar-refractivity contribution in [3.63, 3.8) is 0 Å². The fourth-order valence-corrected chi connectivity index (χ4v) is 2.27. The summed E-state index contributed by atoms with van der Waals surface area (Å²) in [6, 6.07) is 6.16. The van der Waals surface area contributed by atoms with Gasteiger partial charge < -0.3 is 10.0 Å². The summed E-state index contributed by atoms with van der Waals surface area (Å²) in [5.74, 6) is -0.860. The number of anilines is 1. The molecule has 0 bridgehead atoms. The summed E-state index contributed by atoms with van der Waals surface area (Å²) in [6.45, 7) is 1.04. The Morgan fingerprint density at radius 2 is 2.38 bits per heavy atom. The third-order valence-corrected chi connectivity index (χ3v) is 3.39. The highest BCUT2D eigenvalue weighted by Crippen LogP contribution is 2.27. The van der Waals surface area contributed by atoms with E-state index in [1.54, 1.807) is 0 Å². The first kappa shape index (κ1) is 11.3. The van der Waals surface area contributed by atoms with Crippen LogP contribution in [0.3, 0.4) is 0 Å². The molecule has 0 amide bonds. The van der Waals surface area contributed by atoms with Crippen molar-refractivity contribution in [2.45, 2.75) is 18.1 Å². The maximum atomic E-state index is 10.7. The van der Waals surface area contributed by atoms with Crippen LogP contribution in [0.1, 0.15) is 11.1 Å². The second-order valence-electron chi connectivity index (χ2n) is 4.19. The van der Waals surface area contributed by atoms with E-state index in [4.69, 9.17) is 5.11 Å². The molecule has 0 radical (unpaired) electrons. The van der Waals surface area contributed by atoms with E-state index in [0.29, 0.717) is 6.42 Å². The SMILES string of the molecule is CN1CCc2cc(CC(S)C(=O)O)ccc21. The third-order valence-electron chi connectivity index (χ3n) is 2.99. The fourth-order valence-electron chi connectivity index (χ4n) is 2.06. The van der Waals surface area contributed by atoms with Gasteiger partial charge in [0.2, 0.25) is 0 Å². The molecule has 0 aliphatic carbocycles. The van der Waals surface area contributed by atoms with Gasteiger partial charge in [0.1, 0.15) is 5.25 Å². The minimum absolute atomic E-state index is 0.482. The largest absolute Gasteiger partial charge is 0.480 e. The Morgan fingerprint density at radius 1 is 1.62 bits per heavy atom. The van der Waals surface area contributed by atoms with E-state index >= 15 is 0 Å². The number of likely N-dealkylation sites (N-methyl/N-ethyl adjacent to an activating group) is 1. The number of benzene rings is 1. The molecule has 0 saturated heterocycles. The first-order valence-corrected chi connectivity index (χ1v) is 5.83. The van der Waals surface area contributed by atoms with Crippen LogP contribution in [0.2, 0.25) is 0 Å². The lowest BCUT2D eigenvalue weighted by Gasteiger charge is -2.12. The summed E-state index contributed by atoms with van der Waals surface area (Å²) in [5.41, 5.74) is 3.62. The molecule has 1 N–H and O–H groups in total. The van der Waals surface area contributed by atoms with E-state index in [-0.39, 0.29) is 0 Å². The topological polar surface area (TPSA) is 40.5 Å². The van der Waals surface area contributed by atoms with Gasteiger partial charge in [-0.05, 0) is 30.0 Å². The van der Waals surface area contributed by atoms with Crippen LogP contribution in [0.15, 0.2) is 18.2 Å². The highest BCUT2D eigenvalue weighted by Gasteiger charge is 2.17. The molecule has 3 nitrogen and oxygen atoms in total. The van der Waals surface area contributed by atoms with Gasteiger partial charge >= 0.3 is 5.97 Å². The molecule has 86 valence electrons. The molecule has 2 rings (SSSR count). The number of hydrogen-bond acceptors (Lipinski definition) is 3. The van der Waals surface area contributed by atoms with Crippen LogP contribution in [-0.2, 0) is 17.6 Å². The minimum atomic E-state index is -0.860. The Morgan fingerprint density at radius 3 is 3.06 bits per heavy atom. The molecule has 1 aliphatic rings. The number of rotatable bonds is 3. The lowest BCUT2D eigenvalue weighted by molar-refractivity contribution is -0.136.